The van der Waals surface area contributed by atoms with Crippen LogP contribution in [0.4, 0.5) is 0 Å². The normalized spacial score (nSPS) is 13.6. The van der Waals surface area contributed by atoms with Gasteiger partial charge in [0.2, 0.25) is 5.91 Å². The van der Waals surface area contributed by atoms with Gasteiger partial charge in [-0.2, -0.15) is 0 Å². The monoisotopic (exact) mass is 842 g/mol. The first-order chi connectivity index (χ1) is 29.5. The maximum atomic E-state index is 13.2. The Labute approximate surface area is 372 Å². The molecule has 0 bridgehead atoms. The van der Waals surface area contributed by atoms with E-state index in [1.54, 1.807) is 0 Å². The lowest BCUT2D eigenvalue weighted by atomic mass is 10.0. The largest absolute Gasteiger partial charge is 0.462 e. The fourth-order valence-corrected chi connectivity index (χ4v) is 7.71. The summed E-state index contributed by atoms with van der Waals surface area (Å²) in [6, 6.07) is -0.710. The van der Waals surface area contributed by atoms with Gasteiger partial charge in [-0.1, -0.05) is 217 Å². The topological polar surface area (TPSA) is 95.9 Å². The lowest BCUT2D eigenvalue weighted by Crippen LogP contribution is -2.46. The highest BCUT2D eigenvalue weighted by molar-refractivity contribution is 5.77. The second-order valence-electron chi connectivity index (χ2n) is 17.6. The van der Waals surface area contributed by atoms with Crippen molar-refractivity contribution in [3.8, 4) is 0 Å². The van der Waals surface area contributed by atoms with Crippen LogP contribution in [0.3, 0.4) is 0 Å². The number of carbonyl (C=O) groups is 2. The number of hydrogen-bond acceptors (Lipinski definition) is 5. The number of esters is 1. The van der Waals surface area contributed by atoms with E-state index in [1.165, 1.54) is 128 Å². The van der Waals surface area contributed by atoms with Crippen LogP contribution in [0.2, 0.25) is 0 Å². The SMILES string of the molecule is CCCCC/C=C/C=C/CCCCCCCCC(=O)OC(CCCCCC/C=C/C=C/CCCCC)CC(=O)NC(CO)C(O)CCCCCCCCCCCCCCC. The summed E-state index contributed by atoms with van der Waals surface area (Å²) in [6.07, 6.45) is 57.3. The van der Waals surface area contributed by atoms with Crippen LogP contribution in [0.15, 0.2) is 48.6 Å². The van der Waals surface area contributed by atoms with Crippen molar-refractivity contribution < 1.29 is 24.5 Å². The Kier molecular flexibility index (Phi) is 46.1. The van der Waals surface area contributed by atoms with Gasteiger partial charge in [0, 0.05) is 6.42 Å². The van der Waals surface area contributed by atoms with E-state index in [0.717, 1.165) is 83.5 Å². The predicted octanol–water partition coefficient (Wildman–Crippen LogP) is 15.5. The van der Waals surface area contributed by atoms with Gasteiger partial charge in [-0.25, -0.2) is 0 Å². The number of hydrogen-bond donors (Lipinski definition) is 3. The molecule has 0 aliphatic rings. The average Bonchev–Trinajstić information content (AvgIpc) is 3.24. The third-order valence-electron chi connectivity index (χ3n) is 11.7. The van der Waals surface area contributed by atoms with Crippen LogP contribution in [-0.4, -0.2) is 46.9 Å². The van der Waals surface area contributed by atoms with Gasteiger partial charge < -0.3 is 20.3 Å². The molecule has 0 spiro atoms. The highest BCUT2D eigenvalue weighted by Gasteiger charge is 2.24. The Hall–Kier alpha value is -2.18. The van der Waals surface area contributed by atoms with Crippen molar-refractivity contribution in [1.82, 2.24) is 5.32 Å². The molecule has 3 atom stereocenters. The summed E-state index contributed by atoms with van der Waals surface area (Å²) in [7, 11) is 0. The van der Waals surface area contributed by atoms with E-state index < -0.39 is 18.2 Å². The lowest BCUT2D eigenvalue weighted by molar-refractivity contribution is -0.151. The molecule has 0 fully saturated rings. The maximum Gasteiger partial charge on any atom is 0.306 e. The third kappa shape index (κ3) is 42.5. The first-order valence-corrected chi connectivity index (χ1v) is 25.9. The third-order valence-corrected chi connectivity index (χ3v) is 11.7. The Morgan fingerprint density at radius 2 is 0.833 bits per heavy atom. The van der Waals surface area contributed by atoms with E-state index >= 15 is 0 Å². The number of allylic oxidation sites excluding steroid dienone is 8. The van der Waals surface area contributed by atoms with E-state index in [1.807, 2.05) is 0 Å². The fourth-order valence-electron chi connectivity index (χ4n) is 7.71. The standard InChI is InChI=1S/C54H99NO5/c1-4-7-10-13-16-19-22-25-26-29-32-35-38-41-44-47-54(59)60-50(45-42-39-36-33-30-27-23-20-17-14-11-8-5-2)48-53(58)55-51(49-56)52(57)46-43-40-37-34-31-28-24-21-18-15-12-9-6-3/h16-17,19-20,22-23,25,27,50-52,56-57H,4-15,18,21,24,26,28-49H2,1-3H3,(H,55,58)/b19-16+,20-17+,25-22+,27-23+. The van der Waals surface area contributed by atoms with E-state index in [-0.39, 0.29) is 24.9 Å². The molecule has 3 N–H and O–H groups in total. The number of unbranched alkanes of at least 4 members (excludes halogenated alkanes) is 28. The zero-order chi connectivity index (χ0) is 43.8. The van der Waals surface area contributed by atoms with Gasteiger partial charge in [-0.05, 0) is 77.0 Å². The highest BCUT2D eigenvalue weighted by atomic mass is 16.5. The summed E-state index contributed by atoms with van der Waals surface area (Å²) < 4.78 is 5.92. The number of ether oxygens (including phenoxy) is 1. The molecule has 350 valence electrons. The molecule has 60 heavy (non-hydrogen) atoms. The van der Waals surface area contributed by atoms with Crippen molar-refractivity contribution in [2.45, 2.75) is 277 Å². The molecule has 0 aromatic rings. The van der Waals surface area contributed by atoms with Gasteiger partial charge in [0.1, 0.15) is 6.10 Å². The van der Waals surface area contributed by atoms with Crippen LogP contribution in [0.5, 0.6) is 0 Å². The average molecular weight is 842 g/mol. The second kappa shape index (κ2) is 47.9. The number of aliphatic hydroxyl groups is 2. The fraction of sp³-hybridized carbons (Fsp3) is 0.815. The van der Waals surface area contributed by atoms with Crippen molar-refractivity contribution in [3.05, 3.63) is 48.6 Å². The number of rotatable bonds is 46. The predicted molar refractivity (Wildman–Crippen MR) is 259 cm³/mol. The second-order valence-corrected chi connectivity index (χ2v) is 17.6. The molecular weight excluding hydrogens is 743 g/mol. The molecule has 0 aliphatic heterocycles. The molecule has 0 radical (unpaired) electrons. The number of aliphatic hydroxyl groups excluding tert-OH is 2. The van der Waals surface area contributed by atoms with Gasteiger partial charge >= 0.3 is 5.97 Å². The van der Waals surface area contributed by atoms with Crippen molar-refractivity contribution in [1.29, 1.82) is 0 Å². The van der Waals surface area contributed by atoms with Gasteiger partial charge in [-0.15, -0.1) is 0 Å². The Morgan fingerprint density at radius 1 is 0.483 bits per heavy atom. The summed E-state index contributed by atoms with van der Waals surface area (Å²) in [4.78, 5) is 26.1. The van der Waals surface area contributed by atoms with Crippen LogP contribution in [-0.2, 0) is 14.3 Å². The molecule has 3 unspecified atom stereocenters. The van der Waals surface area contributed by atoms with Crippen molar-refractivity contribution >= 4 is 11.9 Å². The zero-order valence-corrected chi connectivity index (χ0v) is 39.8. The number of amides is 1. The van der Waals surface area contributed by atoms with Crippen molar-refractivity contribution in [2.75, 3.05) is 6.61 Å². The molecule has 6 heteroatoms. The molecule has 0 heterocycles. The van der Waals surface area contributed by atoms with E-state index in [9.17, 15) is 19.8 Å². The van der Waals surface area contributed by atoms with Crippen LogP contribution in [0, 0.1) is 0 Å². The highest BCUT2D eigenvalue weighted by Crippen LogP contribution is 2.17. The molecule has 0 aliphatic carbocycles. The van der Waals surface area contributed by atoms with Crippen LogP contribution in [0.25, 0.3) is 0 Å². The quantitative estimate of drug-likeness (QED) is 0.0322. The smallest absolute Gasteiger partial charge is 0.306 e. The molecule has 0 rings (SSSR count). The molecule has 0 saturated carbocycles. The summed E-state index contributed by atoms with van der Waals surface area (Å²) in [6.45, 7) is 6.42. The summed E-state index contributed by atoms with van der Waals surface area (Å²) in [5.74, 6) is -0.503. The first kappa shape index (κ1) is 57.8. The van der Waals surface area contributed by atoms with Crippen molar-refractivity contribution in [3.63, 3.8) is 0 Å². The van der Waals surface area contributed by atoms with Gasteiger partial charge in [0.05, 0.1) is 25.2 Å². The number of carbonyl (C=O) groups excluding carboxylic acids is 2. The maximum absolute atomic E-state index is 13.2. The molecule has 0 saturated heterocycles. The minimum atomic E-state index is -0.794. The first-order valence-electron chi connectivity index (χ1n) is 25.9. The van der Waals surface area contributed by atoms with Gasteiger partial charge in [0.15, 0.2) is 0 Å². The van der Waals surface area contributed by atoms with Crippen LogP contribution >= 0.6 is 0 Å². The van der Waals surface area contributed by atoms with Gasteiger partial charge in [-0.3, -0.25) is 9.59 Å². The molecule has 0 aromatic heterocycles. The Morgan fingerprint density at radius 3 is 1.27 bits per heavy atom. The Balaban J connectivity index is 4.61. The molecular formula is C54H99NO5. The minimum Gasteiger partial charge on any atom is -0.462 e. The van der Waals surface area contributed by atoms with Crippen molar-refractivity contribution in [2.24, 2.45) is 0 Å². The number of nitrogens with one attached hydrogen (secondary N) is 1. The van der Waals surface area contributed by atoms with E-state index in [4.69, 9.17) is 4.74 Å². The molecule has 1 amide bonds. The minimum absolute atomic E-state index is 0.0596. The van der Waals surface area contributed by atoms with E-state index in [0.29, 0.717) is 19.3 Å². The summed E-state index contributed by atoms with van der Waals surface area (Å²) >= 11 is 0. The lowest BCUT2D eigenvalue weighted by Gasteiger charge is -2.24. The molecule has 6 nitrogen and oxygen atoms in total. The van der Waals surface area contributed by atoms with Crippen LogP contribution in [0.1, 0.15) is 258 Å². The Bertz CT molecular complexity index is 1040. The zero-order valence-electron chi connectivity index (χ0n) is 39.8. The molecule has 0 aromatic carbocycles. The summed E-state index contributed by atoms with van der Waals surface area (Å²) in [5, 5.41) is 23.8. The van der Waals surface area contributed by atoms with E-state index in [2.05, 4.69) is 74.7 Å². The van der Waals surface area contributed by atoms with Gasteiger partial charge in [0.25, 0.3) is 0 Å². The summed E-state index contributed by atoms with van der Waals surface area (Å²) in [5.41, 5.74) is 0. The van der Waals surface area contributed by atoms with Crippen LogP contribution < -0.4 is 5.32 Å².